The molecule has 4 nitrogen and oxygen atoms in total. The van der Waals surface area contributed by atoms with Crippen LogP contribution in [0.2, 0.25) is 5.02 Å². The molecule has 0 saturated carbocycles. The predicted octanol–water partition coefficient (Wildman–Crippen LogP) is 3.78. The van der Waals surface area contributed by atoms with Gasteiger partial charge in [-0.3, -0.25) is 0 Å². The fourth-order valence-corrected chi connectivity index (χ4v) is 2.30. The average Bonchev–Trinajstić information content (AvgIpc) is 2.57. The Kier molecular flexibility index (Phi) is 4.58. The van der Waals surface area contributed by atoms with Crippen LogP contribution in [-0.2, 0) is 4.74 Å². The molecule has 0 spiro atoms. The third-order valence-corrected chi connectivity index (χ3v) is 3.58. The van der Waals surface area contributed by atoms with Crippen molar-refractivity contribution in [1.82, 2.24) is 4.98 Å². The van der Waals surface area contributed by atoms with E-state index in [1.54, 1.807) is 0 Å². The molecule has 3 rings (SSSR count). The second-order valence-corrected chi connectivity index (χ2v) is 5.28. The number of nitrogens with zero attached hydrogens (tertiary/aromatic N) is 2. The van der Waals surface area contributed by atoms with Crippen molar-refractivity contribution in [2.45, 2.75) is 0 Å². The summed E-state index contributed by atoms with van der Waals surface area (Å²) < 4.78 is 52.5. The first-order valence-electron chi connectivity index (χ1n) is 6.87. The van der Waals surface area contributed by atoms with E-state index < -0.39 is 23.3 Å². The number of benzene rings is 1. The van der Waals surface area contributed by atoms with Gasteiger partial charge in [0.15, 0.2) is 5.82 Å². The molecule has 0 amide bonds. The summed E-state index contributed by atoms with van der Waals surface area (Å²) in [7, 11) is 0. The molecule has 0 bridgehead atoms. The van der Waals surface area contributed by atoms with Crippen molar-refractivity contribution in [2.24, 2.45) is 0 Å². The largest absolute Gasteiger partial charge is 0.451 e. The number of aromatic nitrogens is 1. The number of hydrogen-bond acceptors (Lipinski definition) is 4. The Hall–Kier alpha value is -1.99. The first-order chi connectivity index (χ1) is 11.1. The van der Waals surface area contributed by atoms with Crippen molar-refractivity contribution < 1.29 is 22.6 Å². The maximum atomic E-state index is 14.6. The Labute approximate surface area is 135 Å². The lowest BCUT2D eigenvalue weighted by atomic mass is 10.3. The zero-order valence-corrected chi connectivity index (χ0v) is 12.6. The molecule has 8 heteroatoms. The summed E-state index contributed by atoms with van der Waals surface area (Å²) in [5, 5.41) is 0.438. The molecule has 1 fully saturated rings. The van der Waals surface area contributed by atoms with Crippen molar-refractivity contribution in [3.05, 3.63) is 46.9 Å². The van der Waals surface area contributed by atoms with Gasteiger partial charge in [0.1, 0.15) is 5.75 Å². The highest BCUT2D eigenvalue weighted by molar-refractivity contribution is 6.30. The molecule has 0 unspecified atom stereocenters. The minimum absolute atomic E-state index is 0.130. The number of hydrogen-bond donors (Lipinski definition) is 0. The van der Waals surface area contributed by atoms with Crippen LogP contribution in [0.5, 0.6) is 11.5 Å². The normalized spacial score (nSPS) is 14.9. The fraction of sp³-hybridized carbons (Fsp3) is 0.267. The van der Waals surface area contributed by atoms with Crippen LogP contribution in [-0.4, -0.2) is 31.3 Å². The Bertz CT molecular complexity index is 707. The lowest BCUT2D eigenvalue weighted by Crippen LogP contribution is -2.37. The van der Waals surface area contributed by atoms with Gasteiger partial charge in [-0.25, -0.2) is 0 Å². The third-order valence-electron chi connectivity index (χ3n) is 3.32. The van der Waals surface area contributed by atoms with Crippen LogP contribution in [0.1, 0.15) is 0 Å². The first kappa shape index (κ1) is 15.9. The Morgan fingerprint density at radius 2 is 1.70 bits per heavy atom. The summed E-state index contributed by atoms with van der Waals surface area (Å²) in [4.78, 5) is 4.85. The van der Waals surface area contributed by atoms with Crippen LogP contribution in [0, 0.1) is 17.6 Å². The van der Waals surface area contributed by atoms with Crippen molar-refractivity contribution in [3.8, 4) is 11.5 Å². The molecular formula is C15H12ClF3N2O2. The van der Waals surface area contributed by atoms with Gasteiger partial charge in [0.2, 0.25) is 17.4 Å². The van der Waals surface area contributed by atoms with Gasteiger partial charge in [-0.1, -0.05) is 11.6 Å². The smallest absolute Gasteiger partial charge is 0.255 e. The second-order valence-electron chi connectivity index (χ2n) is 4.84. The molecule has 23 heavy (non-hydrogen) atoms. The van der Waals surface area contributed by atoms with E-state index in [0.29, 0.717) is 31.3 Å². The van der Waals surface area contributed by atoms with Gasteiger partial charge in [0.25, 0.3) is 5.95 Å². The van der Waals surface area contributed by atoms with Crippen molar-refractivity contribution in [3.63, 3.8) is 0 Å². The van der Waals surface area contributed by atoms with Gasteiger partial charge >= 0.3 is 0 Å². The monoisotopic (exact) mass is 344 g/mol. The van der Waals surface area contributed by atoms with Gasteiger partial charge in [-0.2, -0.15) is 18.2 Å². The standard InChI is InChI=1S/C15H12ClF3N2O2/c16-9-1-3-10(4-2-9)23-13-11(17)14(19)20-15(12(13)18)21-5-7-22-8-6-21/h1-4H,5-8H2. The molecule has 0 radical (unpaired) electrons. The van der Waals surface area contributed by atoms with Crippen LogP contribution in [0.15, 0.2) is 24.3 Å². The maximum absolute atomic E-state index is 14.6. The summed E-state index contributed by atoms with van der Waals surface area (Å²) in [6.45, 7) is 1.37. The Morgan fingerprint density at radius 1 is 1.04 bits per heavy atom. The van der Waals surface area contributed by atoms with Crippen LogP contribution in [0.4, 0.5) is 19.0 Å². The fourth-order valence-electron chi connectivity index (χ4n) is 2.18. The zero-order valence-electron chi connectivity index (χ0n) is 11.9. The SMILES string of the molecule is Fc1nc(N2CCOCC2)c(F)c(Oc2ccc(Cl)cc2)c1F. The number of rotatable bonds is 3. The van der Waals surface area contributed by atoms with E-state index in [1.165, 1.54) is 29.2 Å². The van der Waals surface area contributed by atoms with E-state index in [9.17, 15) is 13.2 Å². The Balaban J connectivity index is 1.97. The zero-order chi connectivity index (χ0) is 16.4. The minimum atomic E-state index is -1.48. The number of halogens is 4. The molecule has 0 aliphatic carbocycles. The van der Waals surface area contributed by atoms with Gasteiger partial charge in [-0.05, 0) is 24.3 Å². The molecule has 0 N–H and O–H groups in total. The summed E-state index contributed by atoms with van der Waals surface area (Å²) in [5.74, 6) is -4.95. The van der Waals surface area contributed by atoms with Crippen molar-refractivity contribution in [1.29, 1.82) is 0 Å². The van der Waals surface area contributed by atoms with Gasteiger partial charge in [0, 0.05) is 18.1 Å². The van der Waals surface area contributed by atoms with Crippen LogP contribution >= 0.6 is 11.6 Å². The Morgan fingerprint density at radius 3 is 2.35 bits per heavy atom. The highest BCUT2D eigenvalue weighted by Gasteiger charge is 2.26. The molecule has 2 heterocycles. The topological polar surface area (TPSA) is 34.6 Å². The molecule has 122 valence electrons. The van der Waals surface area contributed by atoms with E-state index in [0.717, 1.165) is 0 Å². The van der Waals surface area contributed by atoms with Crippen LogP contribution in [0.3, 0.4) is 0 Å². The highest BCUT2D eigenvalue weighted by Crippen LogP contribution is 2.34. The highest BCUT2D eigenvalue weighted by atomic mass is 35.5. The van der Waals surface area contributed by atoms with Crippen LogP contribution in [0.25, 0.3) is 0 Å². The summed E-state index contributed by atoms with van der Waals surface area (Å²) in [6.07, 6.45) is 0. The summed E-state index contributed by atoms with van der Waals surface area (Å²) >= 11 is 5.74. The van der Waals surface area contributed by atoms with E-state index in [2.05, 4.69) is 4.98 Å². The van der Waals surface area contributed by atoms with E-state index in [-0.39, 0.29) is 11.6 Å². The molecule has 1 aromatic heterocycles. The number of morpholine rings is 1. The van der Waals surface area contributed by atoms with Gasteiger partial charge < -0.3 is 14.4 Å². The van der Waals surface area contributed by atoms with Gasteiger partial charge in [-0.15, -0.1) is 0 Å². The molecule has 1 aliphatic heterocycles. The molecule has 1 aromatic carbocycles. The minimum Gasteiger partial charge on any atom is -0.451 e. The first-order valence-corrected chi connectivity index (χ1v) is 7.24. The predicted molar refractivity (Wildman–Crippen MR) is 78.7 cm³/mol. The number of pyridine rings is 1. The van der Waals surface area contributed by atoms with Crippen LogP contribution < -0.4 is 9.64 Å². The molecule has 2 aromatic rings. The number of anilines is 1. The van der Waals surface area contributed by atoms with Crippen molar-refractivity contribution >= 4 is 17.4 Å². The lowest BCUT2D eigenvalue weighted by molar-refractivity contribution is 0.122. The molecule has 0 atom stereocenters. The van der Waals surface area contributed by atoms with E-state index in [4.69, 9.17) is 21.1 Å². The maximum Gasteiger partial charge on any atom is 0.255 e. The number of ether oxygens (including phenoxy) is 2. The van der Waals surface area contributed by atoms with E-state index in [1.807, 2.05) is 0 Å². The third kappa shape index (κ3) is 3.35. The molecular weight excluding hydrogens is 333 g/mol. The summed E-state index contributed by atoms with van der Waals surface area (Å²) in [5.41, 5.74) is 0. The lowest BCUT2D eigenvalue weighted by Gasteiger charge is -2.28. The average molecular weight is 345 g/mol. The van der Waals surface area contributed by atoms with Gasteiger partial charge in [0.05, 0.1) is 13.2 Å². The molecule has 1 aliphatic rings. The quantitative estimate of drug-likeness (QED) is 0.794. The molecule has 1 saturated heterocycles. The van der Waals surface area contributed by atoms with E-state index >= 15 is 0 Å². The summed E-state index contributed by atoms with van der Waals surface area (Å²) in [6, 6.07) is 5.84. The second kappa shape index (κ2) is 6.64. The van der Waals surface area contributed by atoms with Crippen molar-refractivity contribution in [2.75, 3.05) is 31.2 Å².